The second-order valence-corrected chi connectivity index (χ2v) is 5.95. The van der Waals surface area contributed by atoms with E-state index in [9.17, 15) is 4.79 Å². The quantitative estimate of drug-likeness (QED) is 0.778. The van der Waals surface area contributed by atoms with Crippen LogP contribution in [0.3, 0.4) is 0 Å². The Morgan fingerprint density at radius 2 is 1.86 bits per heavy atom. The van der Waals surface area contributed by atoms with Crippen LogP contribution in [0, 0.1) is 6.92 Å². The van der Waals surface area contributed by atoms with Crippen LogP contribution in [0.4, 0.5) is 5.69 Å². The van der Waals surface area contributed by atoms with E-state index in [0.717, 1.165) is 16.8 Å². The molecule has 0 aliphatic heterocycles. The van der Waals surface area contributed by atoms with Crippen LogP contribution < -0.4 is 5.32 Å². The summed E-state index contributed by atoms with van der Waals surface area (Å²) in [6.07, 6.45) is 0.898. The van der Waals surface area contributed by atoms with Gasteiger partial charge in [-0.15, -0.1) is 0 Å². The van der Waals surface area contributed by atoms with Crippen molar-refractivity contribution in [2.75, 3.05) is 5.32 Å². The van der Waals surface area contributed by atoms with E-state index in [4.69, 9.17) is 34.8 Å². The number of benzene rings is 2. The van der Waals surface area contributed by atoms with Gasteiger partial charge in [-0.05, 0) is 48.7 Å². The number of hydrogen-bond donors (Lipinski definition) is 1. The van der Waals surface area contributed by atoms with Gasteiger partial charge in [-0.3, -0.25) is 4.79 Å². The Labute approximate surface area is 139 Å². The number of halogens is 3. The third-order valence-electron chi connectivity index (χ3n) is 3.18. The van der Waals surface area contributed by atoms with Gasteiger partial charge in [0.25, 0.3) is 0 Å². The molecule has 0 aliphatic rings. The Kier molecular flexibility index (Phi) is 5.51. The molecule has 0 radical (unpaired) electrons. The first-order valence-corrected chi connectivity index (χ1v) is 7.59. The molecular formula is C16H14Cl3NO. The van der Waals surface area contributed by atoms with Crippen LogP contribution >= 0.6 is 34.8 Å². The van der Waals surface area contributed by atoms with Crippen LogP contribution in [0.25, 0.3) is 0 Å². The Morgan fingerprint density at radius 1 is 1.10 bits per heavy atom. The van der Waals surface area contributed by atoms with Crippen molar-refractivity contribution in [1.82, 2.24) is 0 Å². The van der Waals surface area contributed by atoms with Gasteiger partial charge in [0.2, 0.25) is 5.91 Å². The van der Waals surface area contributed by atoms with Crippen LogP contribution in [0.15, 0.2) is 36.4 Å². The predicted molar refractivity (Wildman–Crippen MR) is 89.6 cm³/mol. The second kappa shape index (κ2) is 7.17. The fourth-order valence-electron chi connectivity index (χ4n) is 1.93. The van der Waals surface area contributed by atoms with Crippen molar-refractivity contribution in [2.24, 2.45) is 0 Å². The maximum Gasteiger partial charge on any atom is 0.224 e. The first-order chi connectivity index (χ1) is 9.97. The van der Waals surface area contributed by atoms with Crippen molar-refractivity contribution in [2.45, 2.75) is 19.8 Å². The summed E-state index contributed by atoms with van der Waals surface area (Å²) in [4.78, 5) is 12.0. The fourth-order valence-corrected chi connectivity index (χ4v) is 2.61. The van der Waals surface area contributed by atoms with Crippen molar-refractivity contribution >= 4 is 46.4 Å². The van der Waals surface area contributed by atoms with E-state index in [0.29, 0.717) is 27.9 Å². The molecule has 0 fully saturated rings. The maximum absolute atomic E-state index is 12.0. The molecule has 2 nitrogen and oxygen atoms in total. The monoisotopic (exact) mass is 341 g/mol. The van der Waals surface area contributed by atoms with E-state index in [1.807, 2.05) is 19.1 Å². The molecule has 0 unspecified atom stereocenters. The highest BCUT2D eigenvalue weighted by Gasteiger charge is 2.08. The van der Waals surface area contributed by atoms with Gasteiger partial charge in [0.1, 0.15) is 0 Å². The summed E-state index contributed by atoms with van der Waals surface area (Å²) in [5.41, 5.74) is 2.49. The van der Waals surface area contributed by atoms with Crippen LogP contribution in [0.1, 0.15) is 17.5 Å². The average Bonchev–Trinajstić information content (AvgIpc) is 2.43. The lowest BCUT2D eigenvalue weighted by Gasteiger charge is -2.10. The summed E-state index contributed by atoms with van der Waals surface area (Å²) in [6.45, 7) is 1.87. The number of amides is 1. The summed E-state index contributed by atoms with van der Waals surface area (Å²) in [5, 5.41) is 4.66. The van der Waals surface area contributed by atoms with Gasteiger partial charge < -0.3 is 5.32 Å². The van der Waals surface area contributed by atoms with Gasteiger partial charge >= 0.3 is 0 Å². The minimum atomic E-state index is -0.0774. The summed E-state index contributed by atoms with van der Waals surface area (Å²) >= 11 is 18.0. The lowest BCUT2D eigenvalue weighted by atomic mass is 10.1. The van der Waals surface area contributed by atoms with E-state index in [1.54, 1.807) is 24.3 Å². The normalized spacial score (nSPS) is 10.5. The number of hydrogen-bond acceptors (Lipinski definition) is 1. The molecular weight excluding hydrogens is 329 g/mol. The van der Waals surface area contributed by atoms with E-state index in [1.165, 1.54) is 0 Å². The second-order valence-electron chi connectivity index (χ2n) is 4.70. The smallest absolute Gasteiger partial charge is 0.224 e. The van der Waals surface area contributed by atoms with E-state index >= 15 is 0 Å². The largest absolute Gasteiger partial charge is 0.326 e. The van der Waals surface area contributed by atoms with Crippen molar-refractivity contribution in [3.8, 4) is 0 Å². The van der Waals surface area contributed by atoms with Gasteiger partial charge in [-0.2, -0.15) is 0 Å². The minimum absolute atomic E-state index is 0.0774. The van der Waals surface area contributed by atoms with Crippen molar-refractivity contribution in [3.05, 3.63) is 62.6 Å². The topological polar surface area (TPSA) is 29.1 Å². The molecule has 2 aromatic rings. The minimum Gasteiger partial charge on any atom is -0.326 e. The fraction of sp³-hybridized carbons (Fsp3) is 0.188. The molecule has 2 aromatic carbocycles. The molecule has 21 heavy (non-hydrogen) atoms. The number of rotatable bonds is 4. The van der Waals surface area contributed by atoms with E-state index < -0.39 is 0 Å². The standard InChI is InChI=1S/C16H14Cl3NO/c1-10-13(18)3-2-4-15(10)20-16(21)8-6-11-5-7-12(17)9-14(11)19/h2-5,7,9H,6,8H2,1H3,(H,20,21). The predicted octanol–water partition coefficient (Wildman–Crippen LogP) is 5.53. The molecule has 0 bridgehead atoms. The first kappa shape index (κ1) is 16.2. The van der Waals surface area contributed by atoms with Gasteiger partial charge in [-0.1, -0.05) is 46.9 Å². The molecule has 0 saturated carbocycles. The summed E-state index contributed by atoms with van der Waals surface area (Å²) in [6, 6.07) is 10.7. The van der Waals surface area contributed by atoms with Gasteiger partial charge in [0, 0.05) is 27.2 Å². The number of anilines is 1. The van der Waals surface area contributed by atoms with E-state index in [2.05, 4.69) is 5.32 Å². The third kappa shape index (κ3) is 4.37. The molecule has 0 aliphatic carbocycles. The molecule has 0 aromatic heterocycles. The zero-order chi connectivity index (χ0) is 15.4. The molecule has 0 atom stereocenters. The zero-order valence-electron chi connectivity index (χ0n) is 11.4. The Bertz CT molecular complexity index is 671. The number of nitrogens with one attached hydrogen (secondary N) is 1. The van der Waals surface area contributed by atoms with Crippen LogP contribution in [0.5, 0.6) is 0 Å². The molecule has 0 heterocycles. The van der Waals surface area contributed by atoms with Gasteiger partial charge in [-0.25, -0.2) is 0 Å². The molecule has 110 valence electrons. The Morgan fingerprint density at radius 3 is 2.57 bits per heavy atom. The average molecular weight is 343 g/mol. The zero-order valence-corrected chi connectivity index (χ0v) is 13.7. The van der Waals surface area contributed by atoms with Crippen molar-refractivity contribution in [3.63, 3.8) is 0 Å². The van der Waals surface area contributed by atoms with Crippen LogP contribution in [-0.2, 0) is 11.2 Å². The summed E-state index contributed by atoms with van der Waals surface area (Å²) in [5.74, 6) is -0.0774. The SMILES string of the molecule is Cc1c(Cl)cccc1NC(=O)CCc1ccc(Cl)cc1Cl. The lowest BCUT2D eigenvalue weighted by molar-refractivity contribution is -0.116. The van der Waals surface area contributed by atoms with Gasteiger partial charge in [0.15, 0.2) is 0 Å². The van der Waals surface area contributed by atoms with Gasteiger partial charge in [0.05, 0.1) is 0 Å². The maximum atomic E-state index is 12.0. The lowest BCUT2D eigenvalue weighted by Crippen LogP contribution is -2.13. The number of aryl methyl sites for hydroxylation is 1. The van der Waals surface area contributed by atoms with Crippen molar-refractivity contribution < 1.29 is 4.79 Å². The van der Waals surface area contributed by atoms with E-state index in [-0.39, 0.29) is 5.91 Å². The molecule has 0 saturated heterocycles. The number of carbonyl (C=O) groups excluding carboxylic acids is 1. The van der Waals surface area contributed by atoms with Crippen LogP contribution in [-0.4, -0.2) is 5.91 Å². The highest BCUT2D eigenvalue weighted by Crippen LogP contribution is 2.24. The summed E-state index contributed by atoms with van der Waals surface area (Å²) < 4.78 is 0. The summed E-state index contributed by atoms with van der Waals surface area (Å²) in [7, 11) is 0. The highest BCUT2D eigenvalue weighted by atomic mass is 35.5. The molecule has 1 amide bonds. The van der Waals surface area contributed by atoms with Crippen LogP contribution in [0.2, 0.25) is 15.1 Å². The molecule has 1 N–H and O–H groups in total. The molecule has 2 rings (SSSR count). The Balaban J connectivity index is 1.97. The van der Waals surface area contributed by atoms with Crippen molar-refractivity contribution in [1.29, 1.82) is 0 Å². The number of carbonyl (C=O) groups is 1. The third-order valence-corrected chi connectivity index (χ3v) is 4.17. The highest BCUT2D eigenvalue weighted by molar-refractivity contribution is 6.35. The molecule has 0 spiro atoms. The Hall–Kier alpha value is -1.22. The first-order valence-electron chi connectivity index (χ1n) is 6.46. The molecule has 5 heteroatoms.